The number of halogens is 2. The Kier molecular flexibility index (Phi) is 9.75. The first-order valence-corrected chi connectivity index (χ1v) is 17.9. The van der Waals surface area contributed by atoms with Gasteiger partial charge in [-0.3, -0.25) is 15.5 Å². The van der Waals surface area contributed by atoms with Gasteiger partial charge in [-0.25, -0.2) is 18.7 Å². The Morgan fingerprint density at radius 3 is 2.61 bits per heavy atom. The lowest BCUT2D eigenvalue weighted by molar-refractivity contribution is -0.118. The monoisotopic (exact) mass is 688 g/mol. The van der Waals surface area contributed by atoms with Crippen LogP contribution in [0.5, 0.6) is 0 Å². The second kappa shape index (κ2) is 14.3. The van der Waals surface area contributed by atoms with Gasteiger partial charge in [0.2, 0.25) is 0 Å². The van der Waals surface area contributed by atoms with Crippen LogP contribution in [0.25, 0.3) is 5.57 Å². The number of rotatable bonds is 11. The molecule has 4 aliphatic rings. The molecule has 5 heterocycles. The van der Waals surface area contributed by atoms with Crippen molar-refractivity contribution in [1.29, 1.82) is 5.41 Å². The molecule has 1 aliphatic carbocycles. The van der Waals surface area contributed by atoms with Gasteiger partial charge in [-0.15, -0.1) is 11.3 Å². The van der Waals surface area contributed by atoms with Crippen molar-refractivity contribution in [3.05, 3.63) is 88.1 Å². The maximum Gasteiger partial charge on any atom is 0.264 e. The minimum Gasteiger partial charge on any atom is -0.396 e. The molecule has 10 nitrogen and oxygen atoms in total. The Morgan fingerprint density at radius 1 is 1.14 bits per heavy atom. The first-order valence-electron chi connectivity index (χ1n) is 17.0. The Balaban J connectivity index is 1.05. The van der Waals surface area contributed by atoms with Crippen molar-refractivity contribution in [1.82, 2.24) is 24.8 Å². The van der Waals surface area contributed by atoms with Gasteiger partial charge < -0.3 is 24.8 Å². The molecule has 0 bridgehead atoms. The fourth-order valence-electron chi connectivity index (χ4n) is 7.38. The number of aromatic nitrogens is 3. The molecule has 258 valence electrons. The highest BCUT2D eigenvalue weighted by atomic mass is 32.1. The van der Waals surface area contributed by atoms with Crippen LogP contribution in [0.4, 0.5) is 19.6 Å². The van der Waals surface area contributed by atoms with E-state index in [1.165, 1.54) is 23.6 Å². The van der Waals surface area contributed by atoms with Crippen LogP contribution in [0.15, 0.2) is 71.2 Å². The van der Waals surface area contributed by atoms with Gasteiger partial charge in [-0.1, -0.05) is 12.1 Å². The number of aryl methyl sites for hydroxylation is 1. The molecule has 1 atom stereocenters. The van der Waals surface area contributed by atoms with Crippen LogP contribution in [0.3, 0.4) is 0 Å². The summed E-state index contributed by atoms with van der Waals surface area (Å²) in [5.41, 5.74) is 4.25. The standard InChI is InChI=1S/C36H42F2N8O2S/c1-22-27(25-4-6-26(7-5-25)46-18-24(19-46)17-44-12-8-23(20-47)9-13-44)15-28(34(37)38)29(31(22)39)16-41-33(35(48)43-36-40-10-14-49-36)32-30-3-2-11-45(30)21-42-32/h4-7,10,14-16,21,23-24,33-34,39,41,47H,2-3,8-9,11-13,17-20H2,1H3,(H,40,43,48)/b29-16-,39-31?. The van der Waals surface area contributed by atoms with Crippen LogP contribution >= 0.6 is 11.3 Å². The topological polar surface area (TPSA) is 122 Å². The zero-order valence-electron chi connectivity index (χ0n) is 27.5. The molecule has 1 aromatic carbocycles. The second-order valence-corrected chi connectivity index (χ2v) is 14.3. The van der Waals surface area contributed by atoms with Crippen LogP contribution in [0.1, 0.15) is 49.2 Å². The third-order valence-corrected chi connectivity index (χ3v) is 10.9. The van der Waals surface area contributed by atoms with E-state index in [0.717, 1.165) is 81.9 Å². The van der Waals surface area contributed by atoms with E-state index in [0.29, 0.717) is 33.8 Å². The molecule has 3 aromatic rings. The highest BCUT2D eigenvalue weighted by Crippen LogP contribution is 2.36. The van der Waals surface area contributed by atoms with Crippen LogP contribution < -0.4 is 15.5 Å². The Bertz CT molecular complexity index is 1770. The normalized spacial score (nSPS) is 20.5. The van der Waals surface area contributed by atoms with Crippen LogP contribution in [-0.4, -0.2) is 81.9 Å². The van der Waals surface area contributed by atoms with Gasteiger partial charge in [0.05, 0.1) is 17.7 Å². The molecule has 2 aromatic heterocycles. The van der Waals surface area contributed by atoms with Crippen molar-refractivity contribution < 1.29 is 18.7 Å². The highest BCUT2D eigenvalue weighted by molar-refractivity contribution is 7.13. The number of nitrogens with zero attached hydrogens (tertiary/aromatic N) is 5. The number of hydrogen-bond donors (Lipinski definition) is 4. The number of imidazole rings is 1. The first-order chi connectivity index (χ1) is 23.8. The van der Waals surface area contributed by atoms with Crippen molar-refractivity contribution in [2.45, 2.75) is 51.6 Å². The lowest BCUT2D eigenvalue weighted by atomic mass is 9.84. The largest absolute Gasteiger partial charge is 0.396 e. The molecular weight excluding hydrogens is 647 g/mol. The number of carbonyl (C=O) groups is 1. The fraction of sp³-hybridized carbons (Fsp3) is 0.444. The van der Waals surface area contributed by atoms with Crippen molar-refractivity contribution in [2.75, 3.05) is 49.5 Å². The molecule has 7 rings (SSSR count). The third-order valence-electron chi connectivity index (χ3n) is 10.3. The van der Waals surface area contributed by atoms with Crippen LogP contribution in [0.2, 0.25) is 0 Å². The summed E-state index contributed by atoms with van der Waals surface area (Å²) >= 11 is 1.28. The van der Waals surface area contributed by atoms with Gasteiger partial charge in [-0.2, -0.15) is 0 Å². The lowest BCUT2D eigenvalue weighted by Crippen LogP contribution is -2.52. The number of amides is 1. The van der Waals surface area contributed by atoms with Crippen LogP contribution in [0, 0.1) is 17.2 Å². The van der Waals surface area contributed by atoms with Gasteiger partial charge in [0.1, 0.15) is 0 Å². The maximum absolute atomic E-state index is 14.6. The van der Waals surface area contributed by atoms with Crippen molar-refractivity contribution >= 4 is 39.3 Å². The maximum atomic E-state index is 14.6. The number of likely N-dealkylation sites (tertiary alicyclic amines) is 1. The minimum atomic E-state index is -2.83. The number of fused-ring (bicyclic) bond motifs is 1. The summed E-state index contributed by atoms with van der Waals surface area (Å²) in [7, 11) is 0. The highest BCUT2D eigenvalue weighted by Gasteiger charge is 2.33. The molecule has 13 heteroatoms. The predicted molar refractivity (Wildman–Crippen MR) is 188 cm³/mol. The van der Waals surface area contributed by atoms with Gasteiger partial charge in [-0.05, 0) is 86.5 Å². The van der Waals surface area contributed by atoms with E-state index in [-0.39, 0.29) is 23.5 Å². The fourth-order valence-corrected chi connectivity index (χ4v) is 7.91. The number of carbonyl (C=O) groups excluding carboxylic acids is 1. The number of anilines is 2. The third kappa shape index (κ3) is 6.97. The number of alkyl halides is 2. The molecular formula is C36H42F2N8O2S. The summed E-state index contributed by atoms with van der Waals surface area (Å²) in [4.78, 5) is 27.0. The summed E-state index contributed by atoms with van der Waals surface area (Å²) in [6.45, 7) is 8.01. The van der Waals surface area contributed by atoms with E-state index in [9.17, 15) is 18.7 Å². The van der Waals surface area contributed by atoms with Crippen LogP contribution in [-0.2, 0) is 17.8 Å². The van der Waals surface area contributed by atoms with E-state index >= 15 is 0 Å². The number of aliphatic hydroxyl groups excluding tert-OH is 1. The molecule has 49 heavy (non-hydrogen) atoms. The number of nitrogens with one attached hydrogen (secondary N) is 3. The number of piperidine rings is 1. The molecule has 1 unspecified atom stereocenters. The van der Waals surface area contributed by atoms with Crippen molar-refractivity contribution in [3.8, 4) is 0 Å². The van der Waals surface area contributed by atoms with E-state index in [2.05, 4.69) is 30.4 Å². The number of allylic oxidation sites excluding steroid dienone is 5. The smallest absolute Gasteiger partial charge is 0.264 e. The number of benzene rings is 1. The zero-order valence-corrected chi connectivity index (χ0v) is 28.4. The molecule has 2 fully saturated rings. The Morgan fingerprint density at radius 2 is 1.92 bits per heavy atom. The predicted octanol–water partition coefficient (Wildman–Crippen LogP) is 5.28. The van der Waals surface area contributed by atoms with E-state index in [4.69, 9.17) is 5.41 Å². The van der Waals surface area contributed by atoms with E-state index in [1.807, 2.05) is 28.8 Å². The molecule has 4 N–H and O–H groups in total. The summed E-state index contributed by atoms with van der Waals surface area (Å²) < 4.78 is 31.3. The first kappa shape index (κ1) is 33.3. The Hall–Kier alpha value is -4.20. The zero-order chi connectivity index (χ0) is 34.1. The average Bonchev–Trinajstić information content (AvgIpc) is 3.86. The quantitative estimate of drug-likeness (QED) is 0.216. The summed E-state index contributed by atoms with van der Waals surface area (Å²) in [6, 6.07) is 6.98. The Labute approximate surface area is 288 Å². The van der Waals surface area contributed by atoms with Crippen molar-refractivity contribution in [2.24, 2.45) is 11.8 Å². The minimum absolute atomic E-state index is 0.0212. The lowest BCUT2D eigenvalue weighted by Gasteiger charge is -2.44. The molecule has 0 saturated carbocycles. The van der Waals surface area contributed by atoms with Gasteiger partial charge in [0.25, 0.3) is 12.3 Å². The number of hydrogen-bond acceptors (Lipinski definition) is 9. The van der Waals surface area contributed by atoms with E-state index < -0.39 is 18.4 Å². The van der Waals surface area contributed by atoms with Crippen molar-refractivity contribution in [3.63, 3.8) is 0 Å². The average molecular weight is 689 g/mol. The summed E-state index contributed by atoms with van der Waals surface area (Å²) in [6.07, 6.45) is 7.14. The molecule has 1 amide bonds. The second-order valence-electron chi connectivity index (χ2n) is 13.4. The molecule has 0 radical (unpaired) electrons. The number of aliphatic hydroxyl groups is 1. The molecule has 0 spiro atoms. The summed E-state index contributed by atoms with van der Waals surface area (Å²) in [5.74, 6) is 0.644. The summed E-state index contributed by atoms with van der Waals surface area (Å²) in [5, 5.41) is 26.4. The van der Waals surface area contributed by atoms with Gasteiger partial charge >= 0.3 is 0 Å². The number of thiazole rings is 1. The SMILES string of the molecule is CC1=C(c2ccc(N3CC(CN4CCC(CO)CC4)C3)cc2)C=C(C(F)F)/C(=C/NC(C(=O)Nc2nccs2)c2ncn3c2CCC3)C1=N. The van der Waals surface area contributed by atoms with Gasteiger partial charge in [0, 0.05) is 79.0 Å². The molecule has 3 aliphatic heterocycles. The molecule has 2 saturated heterocycles. The van der Waals surface area contributed by atoms with E-state index in [1.54, 1.807) is 24.8 Å². The van der Waals surface area contributed by atoms with Gasteiger partial charge in [0.15, 0.2) is 11.2 Å².